The average molecular weight is 382 g/mol. The summed E-state index contributed by atoms with van der Waals surface area (Å²) in [5.74, 6) is -0.502. The topological polar surface area (TPSA) is 71.0 Å². The molecule has 2 bridgehead atoms. The molecule has 0 amide bonds. The van der Waals surface area contributed by atoms with E-state index < -0.39 is 28.2 Å². The molecular formula is C22H26N2O4. The standard InChI is InChI=1S/C22H26N2O4/c1-14-19-9-6-11-24-12-10-20(18(19,24)2)15-7-4-5-8-16(15)23-22(20,26)21(13-19,28-14)17(25)27-3/h4-9,14,23,26H,10-13H2,1-3H3. The number of methoxy groups -OCH3 is 1. The average Bonchev–Trinajstić information content (AvgIpc) is 3.26. The Morgan fingerprint density at radius 1 is 1.39 bits per heavy atom. The van der Waals surface area contributed by atoms with Crippen LogP contribution < -0.4 is 5.32 Å². The van der Waals surface area contributed by atoms with Crippen LogP contribution in [0.5, 0.6) is 0 Å². The fraction of sp³-hybridized carbons (Fsp3) is 0.591. The van der Waals surface area contributed by atoms with Crippen LogP contribution in [0.15, 0.2) is 36.4 Å². The van der Waals surface area contributed by atoms with Crippen molar-refractivity contribution < 1.29 is 19.4 Å². The van der Waals surface area contributed by atoms with E-state index in [0.717, 1.165) is 30.8 Å². The molecule has 1 aromatic carbocycles. The Bertz CT molecular complexity index is 948. The molecule has 1 aromatic rings. The number of anilines is 1. The summed E-state index contributed by atoms with van der Waals surface area (Å²) in [6, 6.07) is 8.06. The fourth-order valence-corrected chi connectivity index (χ4v) is 7.81. The molecular weight excluding hydrogens is 356 g/mol. The van der Waals surface area contributed by atoms with Crippen LogP contribution in [0.2, 0.25) is 0 Å². The summed E-state index contributed by atoms with van der Waals surface area (Å²) in [5, 5.41) is 15.8. The highest BCUT2D eigenvalue weighted by atomic mass is 16.6. The van der Waals surface area contributed by atoms with E-state index in [1.807, 2.05) is 25.1 Å². The van der Waals surface area contributed by atoms with Crippen LogP contribution in [0, 0.1) is 5.41 Å². The molecule has 4 heterocycles. The second-order valence-electron chi connectivity index (χ2n) is 9.25. The zero-order valence-electron chi connectivity index (χ0n) is 16.5. The number of hydrogen-bond acceptors (Lipinski definition) is 6. The van der Waals surface area contributed by atoms with Gasteiger partial charge in [0.05, 0.1) is 18.6 Å². The molecule has 0 radical (unpaired) electrons. The maximum absolute atomic E-state index is 13.3. The molecule has 6 heteroatoms. The van der Waals surface area contributed by atoms with E-state index in [-0.39, 0.29) is 11.5 Å². The van der Waals surface area contributed by atoms with Crippen molar-refractivity contribution in [2.45, 2.75) is 55.1 Å². The Balaban J connectivity index is 1.76. The van der Waals surface area contributed by atoms with Gasteiger partial charge in [-0.2, -0.15) is 0 Å². The Morgan fingerprint density at radius 2 is 2.18 bits per heavy atom. The first-order valence-electron chi connectivity index (χ1n) is 10.1. The Labute approximate surface area is 164 Å². The SMILES string of the molecule is COC(=O)C12CC3(C=CCN4CCC5(c6ccccc6NC15O)C43C)C(C)O2. The van der Waals surface area contributed by atoms with Crippen molar-refractivity contribution in [2.75, 3.05) is 25.5 Å². The molecule has 0 aromatic heterocycles. The second kappa shape index (κ2) is 4.64. The lowest BCUT2D eigenvalue weighted by molar-refractivity contribution is -0.224. The fourth-order valence-electron chi connectivity index (χ4n) is 7.81. The first-order chi connectivity index (χ1) is 13.3. The molecule has 4 aliphatic heterocycles. The van der Waals surface area contributed by atoms with Crippen LogP contribution in [0.25, 0.3) is 0 Å². The van der Waals surface area contributed by atoms with E-state index in [2.05, 4.69) is 35.4 Å². The molecule has 2 N–H and O–H groups in total. The van der Waals surface area contributed by atoms with E-state index in [9.17, 15) is 9.90 Å². The maximum atomic E-state index is 13.3. The normalized spacial score (nSPS) is 49.9. The van der Waals surface area contributed by atoms with E-state index in [4.69, 9.17) is 9.47 Å². The minimum atomic E-state index is -1.58. The number of carbonyl (C=O) groups is 1. The number of nitrogens with zero attached hydrogens (tertiary/aromatic N) is 1. The summed E-state index contributed by atoms with van der Waals surface area (Å²) in [5.41, 5.74) is -2.55. The summed E-state index contributed by atoms with van der Waals surface area (Å²) < 4.78 is 11.7. The van der Waals surface area contributed by atoms with Gasteiger partial charge in [0.1, 0.15) is 0 Å². The Hall–Kier alpha value is -1.89. The highest BCUT2D eigenvalue weighted by molar-refractivity contribution is 5.87. The van der Waals surface area contributed by atoms with Gasteiger partial charge >= 0.3 is 5.97 Å². The molecule has 148 valence electrons. The van der Waals surface area contributed by atoms with E-state index in [1.54, 1.807) is 0 Å². The monoisotopic (exact) mass is 382 g/mol. The lowest BCUT2D eigenvalue weighted by atomic mass is 9.42. The lowest BCUT2D eigenvalue weighted by Gasteiger charge is -2.65. The van der Waals surface area contributed by atoms with Gasteiger partial charge in [0.25, 0.3) is 0 Å². The quantitative estimate of drug-likeness (QED) is 0.570. The van der Waals surface area contributed by atoms with Crippen LogP contribution in [0.3, 0.4) is 0 Å². The summed E-state index contributed by atoms with van der Waals surface area (Å²) in [6.07, 6.45) is 5.38. The van der Waals surface area contributed by atoms with Crippen molar-refractivity contribution >= 4 is 11.7 Å². The minimum Gasteiger partial charge on any atom is -0.467 e. The van der Waals surface area contributed by atoms with Gasteiger partial charge < -0.3 is 19.9 Å². The van der Waals surface area contributed by atoms with E-state index in [0.29, 0.717) is 6.42 Å². The van der Waals surface area contributed by atoms with Crippen molar-refractivity contribution in [3.05, 3.63) is 42.0 Å². The van der Waals surface area contributed by atoms with Gasteiger partial charge in [-0.05, 0) is 31.9 Å². The van der Waals surface area contributed by atoms with Gasteiger partial charge in [-0.1, -0.05) is 30.4 Å². The number of para-hydroxylation sites is 1. The van der Waals surface area contributed by atoms with Crippen LogP contribution in [0.4, 0.5) is 5.69 Å². The van der Waals surface area contributed by atoms with Crippen molar-refractivity contribution in [3.8, 4) is 0 Å². The van der Waals surface area contributed by atoms with Crippen LogP contribution >= 0.6 is 0 Å². The molecule has 2 saturated heterocycles. The summed E-state index contributed by atoms with van der Waals surface area (Å²) >= 11 is 0. The summed E-state index contributed by atoms with van der Waals surface area (Å²) in [7, 11) is 1.37. The van der Waals surface area contributed by atoms with Crippen molar-refractivity contribution in [1.29, 1.82) is 0 Å². The van der Waals surface area contributed by atoms with Gasteiger partial charge in [0.2, 0.25) is 5.60 Å². The first-order valence-corrected chi connectivity index (χ1v) is 10.1. The Morgan fingerprint density at radius 3 is 2.96 bits per heavy atom. The van der Waals surface area contributed by atoms with E-state index >= 15 is 0 Å². The zero-order valence-corrected chi connectivity index (χ0v) is 16.5. The number of carbonyl (C=O) groups excluding carboxylic acids is 1. The summed E-state index contributed by atoms with van der Waals surface area (Å²) in [4.78, 5) is 15.7. The van der Waals surface area contributed by atoms with Gasteiger partial charge in [0.15, 0.2) is 5.72 Å². The number of benzene rings is 1. The molecule has 1 aliphatic carbocycles. The summed E-state index contributed by atoms with van der Waals surface area (Å²) in [6.45, 7) is 6.01. The highest BCUT2D eigenvalue weighted by Gasteiger charge is 2.90. The number of aliphatic hydroxyl groups is 1. The molecule has 6 unspecified atom stereocenters. The van der Waals surface area contributed by atoms with Crippen molar-refractivity contribution in [1.82, 2.24) is 4.90 Å². The minimum absolute atomic E-state index is 0.228. The van der Waals surface area contributed by atoms with Gasteiger partial charge in [-0.25, -0.2) is 4.79 Å². The van der Waals surface area contributed by atoms with Gasteiger partial charge in [-0.3, -0.25) is 4.90 Å². The van der Waals surface area contributed by atoms with Crippen LogP contribution in [-0.4, -0.2) is 59.1 Å². The third kappa shape index (κ3) is 1.28. The largest absolute Gasteiger partial charge is 0.467 e. The van der Waals surface area contributed by atoms with Crippen molar-refractivity contribution in [2.24, 2.45) is 5.41 Å². The smallest absolute Gasteiger partial charge is 0.343 e. The third-order valence-electron chi connectivity index (χ3n) is 8.93. The van der Waals surface area contributed by atoms with Gasteiger partial charge in [0, 0.05) is 36.2 Å². The second-order valence-corrected chi connectivity index (χ2v) is 9.25. The van der Waals surface area contributed by atoms with Gasteiger partial charge in [-0.15, -0.1) is 0 Å². The van der Waals surface area contributed by atoms with Crippen molar-refractivity contribution in [3.63, 3.8) is 0 Å². The molecule has 1 saturated carbocycles. The molecule has 6 nitrogen and oxygen atoms in total. The predicted octanol–water partition coefficient (Wildman–Crippen LogP) is 1.79. The zero-order chi connectivity index (χ0) is 19.6. The van der Waals surface area contributed by atoms with E-state index in [1.165, 1.54) is 7.11 Å². The maximum Gasteiger partial charge on any atom is 0.343 e. The molecule has 5 aliphatic rings. The molecule has 3 fully saturated rings. The number of nitrogens with one attached hydrogen (secondary N) is 1. The Kier molecular flexibility index (Phi) is 2.82. The molecule has 6 atom stereocenters. The predicted molar refractivity (Wildman–Crippen MR) is 103 cm³/mol. The number of ether oxygens (including phenoxy) is 2. The van der Waals surface area contributed by atoms with Crippen LogP contribution in [0.1, 0.15) is 32.3 Å². The molecule has 2 spiro atoms. The molecule has 6 rings (SSSR count). The number of fused-ring (bicyclic) bond motifs is 3. The first kappa shape index (κ1) is 17.0. The van der Waals surface area contributed by atoms with Crippen LogP contribution in [-0.2, 0) is 19.7 Å². The lowest BCUT2D eigenvalue weighted by Crippen LogP contribution is -2.82. The third-order valence-corrected chi connectivity index (χ3v) is 8.93. The highest BCUT2D eigenvalue weighted by Crippen LogP contribution is 2.77. The number of rotatable bonds is 1. The number of esters is 1. The molecule has 28 heavy (non-hydrogen) atoms. The number of hydrogen-bond donors (Lipinski definition) is 2.